The molecule has 8 nitrogen and oxygen atoms in total. The van der Waals surface area contributed by atoms with Crippen molar-refractivity contribution in [2.75, 3.05) is 11.3 Å². The Bertz CT molecular complexity index is 1180. The van der Waals surface area contributed by atoms with E-state index in [1.165, 1.54) is 18.2 Å². The van der Waals surface area contributed by atoms with E-state index < -0.39 is 10.0 Å². The molecule has 3 aromatic rings. The molecule has 29 heavy (non-hydrogen) atoms. The third-order valence-corrected chi connectivity index (χ3v) is 6.06. The van der Waals surface area contributed by atoms with Gasteiger partial charge in [-0.3, -0.25) is 14.6 Å². The summed E-state index contributed by atoms with van der Waals surface area (Å²) in [7, 11) is -2.02. The predicted octanol–water partition coefficient (Wildman–Crippen LogP) is 2.56. The van der Waals surface area contributed by atoms with Crippen LogP contribution in [0, 0.1) is 11.7 Å². The van der Waals surface area contributed by atoms with E-state index in [9.17, 15) is 13.2 Å². The molecule has 0 spiro atoms. The first kappa shape index (κ1) is 20.7. The number of rotatable bonds is 7. The molecule has 0 unspecified atom stereocenters. The summed E-state index contributed by atoms with van der Waals surface area (Å²) in [5, 5.41) is 9.53. The topological polar surface area (TPSA) is 109 Å². The van der Waals surface area contributed by atoms with E-state index in [1.807, 2.05) is 19.1 Å². The fourth-order valence-corrected chi connectivity index (χ4v) is 3.89. The minimum Gasteiger partial charge on any atom is -0.352 e. The number of nitrogens with zero attached hydrogens (tertiary/aromatic N) is 2. The van der Waals surface area contributed by atoms with Crippen molar-refractivity contribution in [3.05, 3.63) is 70.3 Å². The highest BCUT2D eigenvalue weighted by Gasteiger charge is 2.16. The second kappa shape index (κ2) is 8.58. The molecule has 3 N–H and O–H groups in total. The second-order valence-corrected chi connectivity index (χ2v) is 8.58. The van der Waals surface area contributed by atoms with Crippen molar-refractivity contribution in [1.82, 2.24) is 20.1 Å². The van der Waals surface area contributed by atoms with Crippen LogP contribution in [0.1, 0.15) is 21.7 Å². The molecular weight excluding hydrogens is 410 g/mol. The fraction of sp³-hybridized carbons (Fsp3) is 0.211. The van der Waals surface area contributed by atoms with Gasteiger partial charge in [-0.05, 0) is 49.5 Å². The van der Waals surface area contributed by atoms with Gasteiger partial charge in [-0.15, -0.1) is 0 Å². The van der Waals surface area contributed by atoms with Crippen molar-refractivity contribution in [3.8, 4) is 0 Å². The number of nitrogens with one attached hydrogen (secondary N) is 3. The van der Waals surface area contributed by atoms with Gasteiger partial charge in [0, 0.05) is 31.3 Å². The van der Waals surface area contributed by atoms with Crippen molar-refractivity contribution in [2.24, 2.45) is 7.05 Å². The molecule has 0 radical (unpaired) electrons. The van der Waals surface area contributed by atoms with Crippen LogP contribution in [0.5, 0.6) is 0 Å². The summed E-state index contributed by atoms with van der Waals surface area (Å²) in [6.07, 6.45) is 0.488. The Balaban J connectivity index is 1.67. The molecule has 152 valence electrons. The van der Waals surface area contributed by atoms with Crippen molar-refractivity contribution in [3.63, 3.8) is 0 Å². The van der Waals surface area contributed by atoms with Gasteiger partial charge < -0.3 is 9.88 Å². The van der Waals surface area contributed by atoms with E-state index in [2.05, 4.69) is 20.2 Å². The van der Waals surface area contributed by atoms with Gasteiger partial charge in [-0.2, -0.15) is 5.10 Å². The number of aryl methyl sites for hydroxylation is 1. The number of benzene rings is 2. The lowest BCUT2D eigenvalue weighted by Crippen LogP contribution is -2.26. The largest absolute Gasteiger partial charge is 0.352 e. The summed E-state index contributed by atoms with van der Waals surface area (Å²) in [6.45, 7) is 2.26. The van der Waals surface area contributed by atoms with Crippen LogP contribution in [-0.2, 0) is 23.5 Å². The van der Waals surface area contributed by atoms with Crippen LogP contribution < -0.4 is 10.0 Å². The molecule has 3 rings (SSSR count). The smallest absolute Gasteiger partial charge is 0.261 e. The maximum absolute atomic E-state index is 12.6. The highest BCUT2D eigenvalue weighted by Crippen LogP contribution is 2.17. The first-order valence-corrected chi connectivity index (χ1v) is 10.7. The Morgan fingerprint density at radius 2 is 1.93 bits per heavy atom. The molecule has 1 amide bonds. The van der Waals surface area contributed by atoms with E-state index in [4.69, 9.17) is 12.2 Å². The van der Waals surface area contributed by atoms with E-state index in [0.717, 1.165) is 5.56 Å². The first-order valence-electron chi connectivity index (χ1n) is 8.84. The predicted molar refractivity (Wildman–Crippen MR) is 113 cm³/mol. The molecule has 0 aliphatic carbocycles. The van der Waals surface area contributed by atoms with Gasteiger partial charge in [-0.1, -0.05) is 23.8 Å². The normalized spacial score (nSPS) is 11.2. The minimum atomic E-state index is -3.81. The number of aromatic nitrogens is 3. The first-order chi connectivity index (χ1) is 13.8. The molecule has 0 aliphatic rings. The third-order valence-electron chi connectivity index (χ3n) is 4.32. The molecule has 2 aromatic carbocycles. The van der Waals surface area contributed by atoms with Crippen molar-refractivity contribution in [1.29, 1.82) is 0 Å². The van der Waals surface area contributed by atoms with Gasteiger partial charge in [0.25, 0.3) is 15.9 Å². The summed E-state index contributed by atoms with van der Waals surface area (Å²) in [5.74, 6) is 0.350. The Morgan fingerprint density at radius 3 is 2.59 bits per heavy atom. The average Bonchev–Trinajstić information content (AvgIpc) is 3.02. The van der Waals surface area contributed by atoms with Crippen LogP contribution in [0.15, 0.2) is 53.4 Å². The van der Waals surface area contributed by atoms with Crippen LogP contribution in [0.2, 0.25) is 0 Å². The number of anilines is 1. The monoisotopic (exact) mass is 431 g/mol. The van der Waals surface area contributed by atoms with Crippen molar-refractivity contribution < 1.29 is 13.2 Å². The molecule has 0 aliphatic heterocycles. The number of hydrogen-bond acceptors (Lipinski definition) is 5. The van der Waals surface area contributed by atoms with Crippen LogP contribution in [-0.4, -0.2) is 35.6 Å². The number of aromatic amines is 1. The zero-order chi connectivity index (χ0) is 21.0. The molecule has 0 fully saturated rings. The SMILES string of the molecule is Cc1ccc(NS(=O)(=O)c2cccc(C(=O)NCCc3n[nH]c(=S)n3C)c2)cc1. The summed E-state index contributed by atoms with van der Waals surface area (Å²) in [4.78, 5) is 12.4. The van der Waals surface area contributed by atoms with E-state index in [1.54, 1.807) is 29.8 Å². The molecule has 10 heteroatoms. The van der Waals surface area contributed by atoms with E-state index in [-0.39, 0.29) is 16.4 Å². The molecular formula is C19H21N5O3S2. The maximum Gasteiger partial charge on any atom is 0.261 e. The van der Waals surface area contributed by atoms with Crippen molar-refractivity contribution in [2.45, 2.75) is 18.2 Å². The van der Waals surface area contributed by atoms with E-state index in [0.29, 0.717) is 29.2 Å². The van der Waals surface area contributed by atoms with Gasteiger partial charge in [-0.25, -0.2) is 8.42 Å². The lowest BCUT2D eigenvalue weighted by atomic mass is 10.2. The Morgan fingerprint density at radius 1 is 1.21 bits per heavy atom. The molecule has 0 saturated carbocycles. The zero-order valence-corrected chi connectivity index (χ0v) is 17.6. The van der Waals surface area contributed by atoms with Gasteiger partial charge in [0.05, 0.1) is 4.90 Å². The Labute approximate surface area is 174 Å². The highest BCUT2D eigenvalue weighted by molar-refractivity contribution is 7.92. The number of hydrogen-bond donors (Lipinski definition) is 3. The molecule has 0 atom stereocenters. The number of H-pyrrole nitrogens is 1. The number of amides is 1. The van der Waals surface area contributed by atoms with Crippen LogP contribution in [0.4, 0.5) is 5.69 Å². The summed E-state index contributed by atoms with van der Waals surface area (Å²) in [6, 6.07) is 12.9. The van der Waals surface area contributed by atoms with Gasteiger partial charge in [0.2, 0.25) is 0 Å². The van der Waals surface area contributed by atoms with Gasteiger partial charge >= 0.3 is 0 Å². The molecule has 1 aromatic heterocycles. The fourth-order valence-electron chi connectivity index (χ4n) is 2.63. The van der Waals surface area contributed by atoms with Crippen LogP contribution >= 0.6 is 12.2 Å². The average molecular weight is 432 g/mol. The lowest BCUT2D eigenvalue weighted by Gasteiger charge is -2.10. The van der Waals surface area contributed by atoms with Crippen LogP contribution in [0.3, 0.4) is 0 Å². The Kier molecular flexibility index (Phi) is 6.14. The number of sulfonamides is 1. The Hall–Kier alpha value is -2.98. The van der Waals surface area contributed by atoms with Crippen LogP contribution in [0.25, 0.3) is 0 Å². The summed E-state index contributed by atoms with van der Waals surface area (Å²) >= 11 is 5.05. The van der Waals surface area contributed by atoms with Crippen molar-refractivity contribution >= 4 is 33.8 Å². The highest BCUT2D eigenvalue weighted by atomic mass is 32.2. The molecule has 0 bridgehead atoms. The summed E-state index contributed by atoms with van der Waals surface area (Å²) < 4.78 is 30.0. The van der Waals surface area contributed by atoms with Gasteiger partial charge in [0.15, 0.2) is 4.77 Å². The zero-order valence-electron chi connectivity index (χ0n) is 16.0. The number of carbonyl (C=O) groups is 1. The molecule has 1 heterocycles. The summed E-state index contributed by atoms with van der Waals surface area (Å²) in [5.41, 5.74) is 1.74. The quantitative estimate of drug-likeness (QED) is 0.498. The van der Waals surface area contributed by atoms with Gasteiger partial charge in [0.1, 0.15) is 5.82 Å². The standard InChI is InChI=1S/C19H21N5O3S2/c1-13-6-8-15(9-7-13)23-29(26,27)16-5-3-4-14(12-16)18(25)20-11-10-17-21-22-19(28)24(17)2/h3-9,12,23H,10-11H2,1-2H3,(H,20,25)(H,22,28). The van der Waals surface area contributed by atoms with E-state index >= 15 is 0 Å². The lowest BCUT2D eigenvalue weighted by molar-refractivity contribution is 0.0953. The second-order valence-electron chi connectivity index (χ2n) is 6.51. The third kappa shape index (κ3) is 5.09. The minimum absolute atomic E-state index is 0.0141. The maximum atomic E-state index is 12.6. The number of carbonyl (C=O) groups excluding carboxylic acids is 1. The molecule has 0 saturated heterocycles.